The van der Waals surface area contributed by atoms with Gasteiger partial charge in [0, 0.05) is 16.8 Å². The molecule has 4 nitrogen and oxygen atoms in total. The number of sulfonamides is 1. The minimum Gasteiger partial charge on any atom is -0.391 e. The zero-order chi connectivity index (χ0) is 14.8. The first-order valence-electron chi connectivity index (χ1n) is 6.26. The quantitative estimate of drug-likeness (QED) is 0.923. The molecule has 0 saturated heterocycles. The van der Waals surface area contributed by atoms with Gasteiger partial charge in [-0.3, -0.25) is 4.31 Å². The van der Waals surface area contributed by atoms with Gasteiger partial charge in [0.1, 0.15) is 0 Å². The van der Waals surface area contributed by atoms with E-state index in [-0.39, 0.29) is 11.5 Å². The molecule has 0 aliphatic heterocycles. The number of aliphatic hydroxyl groups is 1. The summed E-state index contributed by atoms with van der Waals surface area (Å²) in [7, 11) is -3.57. The molecule has 0 saturated carbocycles. The van der Waals surface area contributed by atoms with Gasteiger partial charge >= 0.3 is 0 Å². The molecule has 0 spiro atoms. The number of anilines is 1. The standard InChI is InChI=1S/C14H17NO3S2/c1-3-15(12-6-4-11(2)5-7-12)20(17,18)14-8-13(9-16)19-10-14/h4-8,10,16H,3,9H2,1-2H3. The zero-order valence-corrected chi connectivity index (χ0v) is 13.0. The summed E-state index contributed by atoms with van der Waals surface area (Å²) in [6.07, 6.45) is 0. The van der Waals surface area contributed by atoms with Crippen LogP contribution in [0, 0.1) is 6.92 Å². The monoisotopic (exact) mass is 311 g/mol. The number of rotatable bonds is 5. The topological polar surface area (TPSA) is 57.6 Å². The Morgan fingerprint density at radius 3 is 2.40 bits per heavy atom. The van der Waals surface area contributed by atoms with Crippen LogP contribution in [-0.4, -0.2) is 20.1 Å². The summed E-state index contributed by atoms with van der Waals surface area (Å²) in [6.45, 7) is 3.98. The number of aryl methyl sites for hydroxylation is 1. The van der Waals surface area contributed by atoms with Crippen LogP contribution in [0.2, 0.25) is 0 Å². The summed E-state index contributed by atoms with van der Waals surface area (Å²) in [5.74, 6) is 0. The first-order chi connectivity index (χ1) is 9.48. The van der Waals surface area contributed by atoms with Gasteiger partial charge in [-0.2, -0.15) is 0 Å². The van der Waals surface area contributed by atoms with Crippen molar-refractivity contribution < 1.29 is 13.5 Å². The third kappa shape index (κ3) is 2.87. The molecule has 1 heterocycles. The van der Waals surface area contributed by atoms with Crippen molar-refractivity contribution in [2.24, 2.45) is 0 Å². The third-order valence-electron chi connectivity index (χ3n) is 2.98. The molecule has 1 N–H and O–H groups in total. The second-order valence-corrected chi connectivity index (χ2v) is 7.27. The van der Waals surface area contributed by atoms with Crippen molar-refractivity contribution in [3.63, 3.8) is 0 Å². The lowest BCUT2D eigenvalue weighted by molar-refractivity contribution is 0.285. The summed E-state index contributed by atoms with van der Waals surface area (Å²) >= 11 is 1.25. The van der Waals surface area contributed by atoms with Crippen LogP contribution in [0.1, 0.15) is 17.4 Å². The Kier molecular flexibility index (Phi) is 4.47. The average Bonchev–Trinajstić information content (AvgIpc) is 2.91. The lowest BCUT2D eigenvalue weighted by Crippen LogP contribution is -2.30. The molecule has 108 valence electrons. The number of benzene rings is 1. The Bertz CT molecular complexity index is 675. The predicted molar refractivity (Wildman–Crippen MR) is 81.6 cm³/mol. The van der Waals surface area contributed by atoms with Crippen molar-refractivity contribution in [2.45, 2.75) is 25.3 Å². The highest BCUT2D eigenvalue weighted by Gasteiger charge is 2.24. The van der Waals surface area contributed by atoms with Crippen LogP contribution in [0.5, 0.6) is 0 Å². The maximum Gasteiger partial charge on any atom is 0.265 e. The van der Waals surface area contributed by atoms with Crippen molar-refractivity contribution in [3.05, 3.63) is 46.2 Å². The van der Waals surface area contributed by atoms with E-state index in [0.717, 1.165) is 5.56 Å². The van der Waals surface area contributed by atoms with Gasteiger partial charge in [-0.1, -0.05) is 17.7 Å². The molecule has 0 aliphatic rings. The first kappa shape index (κ1) is 15.0. The molecule has 2 aromatic rings. The lowest BCUT2D eigenvalue weighted by atomic mass is 10.2. The van der Waals surface area contributed by atoms with Gasteiger partial charge in [-0.25, -0.2) is 8.42 Å². The van der Waals surface area contributed by atoms with Crippen molar-refractivity contribution in [3.8, 4) is 0 Å². The van der Waals surface area contributed by atoms with E-state index in [1.165, 1.54) is 21.7 Å². The van der Waals surface area contributed by atoms with Crippen molar-refractivity contribution >= 4 is 27.0 Å². The van der Waals surface area contributed by atoms with E-state index in [9.17, 15) is 8.42 Å². The van der Waals surface area contributed by atoms with Crippen LogP contribution >= 0.6 is 11.3 Å². The maximum absolute atomic E-state index is 12.6. The van der Waals surface area contributed by atoms with Gasteiger partial charge < -0.3 is 5.11 Å². The van der Waals surface area contributed by atoms with Crippen LogP contribution < -0.4 is 4.31 Å². The fourth-order valence-corrected chi connectivity index (χ4v) is 4.50. The van der Waals surface area contributed by atoms with E-state index in [4.69, 9.17) is 5.11 Å². The Hall–Kier alpha value is -1.37. The Labute approximate surface area is 123 Å². The molecule has 20 heavy (non-hydrogen) atoms. The molecule has 1 aromatic heterocycles. The fourth-order valence-electron chi connectivity index (χ4n) is 1.91. The second-order valence-electron chi connectivity index (χ2n) is 4.41. The average molecular weight is 311 g/mol. The number of hydrogen-bond donors (Lipinski definition) is 1. The summed E-state index contributed by atoms with van der Waals surface area (Å²) in [4.78, 5) is 0.873. The molecule has 0 unspecified atom stereocenters. The Morgan fingerprint density at radius 1 is 1.25 bits per heavy atom. The highest BCUT2D eigenvalue weighted by Crippen LogP contribution is 2.27. The Balaban J connectivity index is 2.41. The van der Waals surface area contributed by atoms with Crippen LogP contribution in [0.25, 0.3) is 0 Å². The van der Waals surface area contributed by atoms with Crippen LogP contribution in [-0.2, 0) is 16.6 Å². The van der Waals surface area contributed by atoms with Crippen LogP contribution in [0.4, 0.5) is 5.69 Å². The predicted octanol–water partition coefficient (Wildman–Crippen LogP) is 2.76. The van der Waals surface area contributed by atoms with E-state index < -0.39 is 10.0 Å². The van der Waals surface area contributed by atoms with Gasteiger partial charge in [0.25, 0.3) is 10.0 Å². The number of aliphatic hydroxyl groups excluding tert-OH is 1. The molecule has 0 aliphatic carbocycles. The Morgan fingerprint density at radius 2 is 1.90 bits per heavy atom. The number of thiophene rings is 1. The van der Waals surface area contributed by atoms with Gasteiger partial charge in [0.2, 0.25) is 0 Å². The minimum absolute atomic E-state index is 0.142. The van der Waals surface area contributed by atoms with Crippen molar-refractivity contribution in [1.29, 1.82) is 0 Å². The molecule has 0 amide bonds. The van der Waals surface area contributed by atoms with E-state index in [0.29, 0.717) is 17.1 Å². The minimum atomic E-state index is -3.57. The van der Waals surface area contributed by atoms with Gasteiger partial charge in [-0.05, 0) is 32.0 Å². The lowest BCUT2D eigenvalue weighted by Gasteiger charge is -2.22. The van der Waals surface area contributed by atoms with Crippen molar-refractivity contribution in [1.82, 2.24) is 0 Å². The third-order valence-corrected chi connectivity index (χ3v) is 5.93. The summed E-state index contributed by atoms with van der Waals surface area (Å²) < 4.78 is 26.6. The van der Waals surface area contributed by atoms with Crippen molar-refractivity contribution in [2.75, 3.05) is 10.8 Å². The smallest absolute Gasteiger partial charge is 0.265 e. The van der Waals surface area contributed by atoms with Crippen LogP contribution in [0.3, 0.4) is 0 Å². The normalized spacial score (nSPS) is 11.6. The fraction of sp³-hybridized carbons (Fsp3) is 0.286. The largest absolute Gasteiger partial charge is 0.391 e. The van der Waals surface area contributed by atoms with Gasteiger partial charge in [0.05, 0.1) is 17.2 Å². The van der Waals surface area contributed by atoms with Gasteiger partial charge in [-0.15, -0.1) is 11.3 Å². The molecular weight excluding hydrogens is 294 g/mol. The molecule has 0 fully saturated rings. The molecule has 6 heteroatoms. The van der Waals surface area contributed by atoms with E-state index in [1.54, 1.807) is 24.4 Å². The van der Waals surface area contributed by atoms with E-state index in [2.05, 4.69) is 0 Å². The number of nitrogens with zero attached hydrogens (tertiary/aromatic N) is 1. The molecule has 1 aromatic carbocycles. The second kappa shape index (κ2) is 5.95. The molecular formula is C14H17NO3S2. The van der Waals surface area contributed by atoms with Crippen LogP contribution in [0.15, 0.2) is 40.6 Å². The highest BCUT2D eigenvalue weighted by atomic mass is 32.2. The van der Waals surface area contributed by atoms with E-state index in [1.807, 2.05) is 19.1 Å². The van der Waals surface area contributed by atoms with E-state index >= 15 is 0 Å². The van der Waals surface area contributed by atoms with Gasteiger partial charge in [0.15, 0.2) is 0 Å². The molecule has 0 atom stereocenters. The maximum atomic E-state index is 12.6. The summed E-state index contributed by atoms with van der Waals surface area (Å²) in [5.41, 5.74) is 1.73. The zero-order valence-electron chi connectivity index (χ0n) is 11.4. The first-order valence-corrected chi connectivity index (χ1v) is 8.58. The summed E-state index contributed by atoms with van der Waals surface area (Å²) in [6, 6.07) is 8.91. The molecule has 2 rings (SSSR count). The number of hydrogen-bond acceptors (Lipinski definition) is 4. The SMILES string of the molecule is CCN(c1ccc(C)cc1)S(=O)(=O)c1csc(CO)c1. The summed E-state index contributed by atoms with van der Waals surface area (Å²) in [5, 5.41) is 10.6. The molecule has 0 bridgehead atoms. The highest BCUT2D eigenvalue weighted by molar-refractivity contribution is 7.93. The molecule has 0 radical (unpaired) electrons.